The second kappa shape index (κ2) is 11.7. The number of aliphatic hydroxyl groups is 1. The normalized spacial score (nSPS) is 19.4. The first-order valence-corrected chi connectivity index (χ1v) is 14.7. The molecule has 3 saturated heterocycles. The number of hydrogen-bond acceptors (Lipinski definition) is 10. The molecule has 0 aliphatic carbocycles. The van der Waals surface area contributed by atoms with Crippen LogP contribution in [0, 0.1) is 11.3 Å². The van der Waals surface area contributed by atoms with Crippen molar-refractivity contribution in [3.63, 3.8) is 0 Å². The molecule has 5 heterocycles. The average molecular weight is 601 g/mol. The monoisotopic (exact) mass is 600 g/mol. The van der Waals surface area contributed by atoms with Gasteiger partial charge in [-0.25, -0.2) is 4.68 Å². The van der Waals surface area contributed by atoms with Gasteiger partial charge in [0.05, 0.1) is 23.5 Å². The van der Waals surface area contributed by atoms with E-state index < -0.39 is 12.1 Å². The number of phenols is 1. The van der Waals surface area contributed by atoms with Crippen molar-refractivity contribution in [3.05, 3.63) is 54.7 Å². The minimum atomic E-state index is -0.442. The lowest BCUT2D eigenvalue weighted by atomic mass is 9.72. The Morgan fingerprint density at radius 3 is 2.43 bits per heavy atom. The van der Waals surface area contributed by atoms with Crippen molar-refractivity contribution in [1.82, 2.24) is 30.1 Å². The summed E-state index contributed by atoms with van der Waals surface area (Å²) in [6.45, 7) is 8.47. The fraction of sp³-hybridized carbons (Fsp3) is 0.419. The van der Waals surface area contributed by atoms with E-state index in [1.165, 1.54) is 0 Å². The quantitative estimate of drug-likeness (QED) is 0.279. The van der Waals surface area contributed by atoms with Crippen molar-refractivity contribution in [1.29, 1.82) is 0 Å². The van der Waals surface area contributed by atoms with Crippen molar-refractivity contribution in [2.24, 2.45) is 11.3 Å². The number of anilines is 2. The molecule has 3 fully saturated rings. The number of aliphatic hydroxyl groups excluding tert-OH is 1. The Balaban J connectivity index is 0.00000110. The van der Waals surface area contributed by atoms with Gasteiger partial charge in [0.25, 0.3) is 6.47 Å². The molecule has 230 valence electrons. The number of β-amino-alcohol motifs (C(OH)–C–C–N with tert-alkyl or cyclic N) is 1. The maximum Gasteiger partial charge on any atom is 0.290 e. The van der Waals surface area contributed by atoms with Crippen LogP contribution in [0.25, 0.3) is 22.2 Å². The fourth-order valence-electron chi connectivity index (χ4n) is 6.50. The fourth-order valence-corrected chi connectivity index (χ4v) is 6.50. The summed E-state index contributed by atoms with van der Waals surface area (Å²) < 4.78 is 1.70. The lowest BCUT2D eigenvalue weighted by Crippen LogP contribution is -2.72. The first kappa shape index (κ1) is 29.3. The number of amides is 1. The van der Waals surface area contributed by atoms with E-state index in [1.54, 1.807) is 21.7 Å². The van der Waals surface area contributed by atoms with Gasteiger partial charge in [-0.15, -0.1) is 15.3 Å². The molecule has 3 aliphatic heterocycles. The largest absolute Gasteiger partial charge is 0.507 e. The predicted octanol–water partition coefficient (Wildman–Crippen LogP) is 2.41. The number of carboxylic acid groups (broad SMARTS) is 1. The van der Waals surface area contributed by atoms with Crippen LogP contribution in [0.5, 0.6) is 5.75 Å². The van der Waals surface area contributed by atoms with Crippen molar-refractivity contribution in [3.8, 4) is 17.0 Å². The molecule has 0 radical (unpaired) electrons. The molecule has 13 heteroatoms. The summed E-state index contributed by atoms with van der Waals surface area (Å²) in [7, 11) is 0. The molecule has 0 bridgehead atoms. The first-order chi connectivity index (χ1) is 21.2. The number of para-hydroxylation sites is 1. The third-order valence-electron chi connectivity index (χ3n) is 8.69. The molecule has 2 atom stereocenters. The van der Waals surface area contributed by atoms with Gasteiger partial charge in [-0.1, -0.05) is 37.3 Å². The van der Waals surface area contributed by atoms with Crippen molar-refractivity contribution < 1.29 is 24.9 Å². The van der Waals surface area contributed by atoms with Crippen LogP contribution in [0.4, 0.5) is 11.5 Å². The second-order valence-electron chi connectivity index (χ2n) is 12.3. The van der Waals surface area contributed by atoms with Crippen LogP contribution in [-0.2, 0) is 9.59 Å². The molecule has 1 amide bonds. The highest BCUT2D eigenvalue weighted by Crippen LogP contribution is 2.44. The highest BCUT2D eigenvalue weighted by Gasteiger charge is 2.52. The Kier molecular flexibility index (Phi) is 7.80. The van der Waals surface area contributed by atoms with Gasteiger partial charge in [-0.2, -0.15) is 0 Å². The first-order valence-electron chi connectivity index (χ1n) is 14.7. The Labute approximate surface area is 254 Å². The second-order valence-corrected chi connectivity index (χ2v) is 12.3. The molecule has 2 unspecified atom stereocenters. The summed E-state index contributed by atoms with van der Waals surface area (Å²) in [5.74, 6) is 1.05. The molecular formula is C31H36N8O5. The number of hydrogen-bond donors (Lipinski definition) is 3. The summed E-state index contributed by atoms with van der Waals surface area (Å²) in [6, 6.07) is 14.9. The minimum Gasteiger partial charge on any atom is -0.507 e. The molecule has 2 aromatic heterocycles. The number of aromatic hydroxyl groups is 1. The van der Waals surface area contributed by atoms with Crippen LogP contribution in [0.15, 0.2) is 54.7 Å². The highest BCUT2D eigenvalue weighted by molar-refractivity contribution is 5.86. The molecule has 13 nitrogen and oxygen atoms in total. The number of carbonyl (C=O) groups is 2. The molecule has 1 spiro atoms. The number of aromatic nitrogens is 5. The molecule has 7 rings (SSSR count). The molecular weight excluding hydrogens is 564 g/mol. The van der Waals surface area contributed by atoms with E-state index in [-0.39, 0.29) is 29.5 Å². The summed E-state index contributed by atoms with van der Waals surface area (Å²) in [5.41, 5.74) is 3.49. The predicted molar refractivity (Wildman–Crippen MR) is 163 cm³/mol. The number of carbonyl (C=O) groups excluding carboxylic acids is 1. The molecule has 2 aromatic carbocycles. The number of benzene rings is 2. The third kappa shape index (κ3) is 5.50. The molecule has 44 heavy (non-hydrogen) atoms. The van der Waals surface area contributed by atoms with E-state index in [0.717, 1.165) is 48.6 Å². The standard InChI is InChI=1S/C30H34N8O3.CH2O2/c1-19(2)28(29(41)35-10-9-22(39)13-35)38-14-27(33-34-38)37-17-30(18-37)15-36(16-30)21-8-7-20-11-25(32-31-24(20)12-21)23-5-3-4-6-26(23)40;2-1-3/h3-8,11-12,14,19,22,28,39-40H,9-10,13,15-18H2,1-2H3;1H,(H,2,3). The maximum atomic E-state index is 13.2. The summed E-state index contributed by atoms with van der Waals surface area (Å²) in [6.07, 6.45) is 2.08. The van der Waals surface area contributed by atoms with Gasteiger partial charge in [0, 0.05) is 61.3 Å². The van der Waals surface area contributed by atoms with E-state index in [4.69, 9.17) is 9.90 Å². The SMILES string of the molecule is CC(C)C(C(=O)N1CCC(O)C1)n1cc(N2CC3(CN(c4ccc5cc(-c6ccccc6O)nnc5c4)C3)C2)nn1.O=CO. The highest BCUT2D eigenvalue weighted by atomic mass is 16.3. The van der Waals surface area contributed by atoms with Crippen LogP contribution >= 0.6 is 0 Å². The van der Waals surface area contributed by atoms with Gasteiger partial charge in [-0.3, -0.25) is 9.59 Å². The lowest BCUT2D eigenvalue weighted by molar-refractivity contribution is -0.135. The zero-order valence-corrected chi connectivity index (χ0v) is 24.7. The van der Waals surface area contributed by atoms with Gasteiger partial charge in [-0.05, 0) is 42.7 Å². The maximum absolute atomic E-state index is 13.2. The zero-order valence-electron chi connectivity index (χ0n) is 24.7. The average Bonchev–Trinajstić information content (AvgIpc) is 3.61. The zero-order chi connectivity index (χ0) is 31.0. The van der Waals surface area contributed by atoms with Gasteiger partial charge >= 0.3 is 0 Å². The van der Waals surface area contributed by atoms with Crippen molar-refractivity contribution in [2.45, 2.75) is 32.4 Å². The van der Waals surface area contributed by atoms with Gasteiger partial charge in [0.15, 0.2) is 5.82 Å². The van der Waals surface area contributed by atoms with Gasteiger partial charge < -0.3 is 30.0 Å². The third-order valence-corrected chi connectivity index (χ3v) is 8.69. The van der Waals surface area contributed by atoms with Crippen LogP contribution in [0.2, 0.25) is 0 Å². The number of phenolic OH excluding ortho intramolecular Hbond substituents is 1. The lowest BCUT2D eigenvalue weighted by Gasteiger charge is -2.61. The van der Waals surface area contributed by atoms with Crippen LogP contribution in [0.1, 0.15) is 26.3 Å². The number of rotatable bonds is 6. The summed E-state index contributed by atoms with van der Waals surface area (Å²) in [4.78, 5) is 27.9. The van der Waals surface area contributed by atoms with E-state index in [9.17, 15) is 15.0 Å². The van der Waals surface area contributed by atoms with E-state index in [0.29, 0.717) is 30.8 Å². The molecule has 4 aromatic rings. The molecule has 3 N–H and O–H groups in total. The Hall–Kier alpha value is -4.78. The van der Waals surface area contributed by atoms with Gasteiger partial charge in [0.2, 0.25) is 5.91 Å². The smallest absolute Gasteiger partial charge is 0.290 e. The Bertz CT molecular complexity index is 1660. The van der Waals surface area contributed by atoms with Crippen molar-refractivity contribution in [2.75, 3.05) is 49.1 Å². The summed E-state index contributed by atoms with van der Waals surface area (Å²) in [5, 5.41) is 45.5. The van der Waals surface area contributed by atoms with E-state index in [2.05, 4.69) is 48.5 Å². The van der Waals surface area contributed by atoms with Crippen LogP contribution < -0.4 is 9.80 Å². The van der Waals surface area contributed by atoms with Crippen LogP contribution in [-0.4, -0.2) is 103 Å². The number of nitrogens with zero attached hydrogens (tertiary/aromatic N) is 8. The number of likely N-dealkylation sites (tertiary alicyclic amines) is 1. The topological polar surface area (TPSA) is 161 Å². The minimum absolute atomic E-state index is 0.00257. The van der Waals surface area contributed by atoms with Gasteiger partial charge in [0.1, 0.15) is 11.8 Å². The molecule has 3 aliphatic rings. The summed E-state index contributed by atoms with van der Waals surface area (Å²) >= 11 is 0. The Morgan fingerprint density at radius 2 is 1.75 bits per heavy atom. The van der Waals surface area contributed by atoms with Crippen LogP contribution in [0.3, 0.4) is 0 Å². The Morgan fingerprint density at radius 1 is 1.02 bits per heavy atom. The molecule has 0 saturated carbocycles. The van der Waals surface area contributed by atoms with E-state index in [1.807, 2.05) is 38.2 Å². The van der Waals surface area contributed by atoms with Crippen molar-refractivity contribution >= 4 is 34.8 Å². The number of fused-ring (bicyclic) bond motifs is 1. The van der Waals surface area contributed by atoms with E-state index >= 15 is 0 Å².